The molecule has 1 unspecified atom stereocenters. The van der Waals surface area contributed by atoms with E-state index >= 15 is 0 Å². The maximum absolute atomic E-state index is 12.3. The number of alkyl halides is 1. The van der Waals surface area contributed by atoms with E-state index in [1.807, 2.05) is 43.0 Å². The maximum Gasteiger partial charge on any atom is 0.246 e. The third-order valence-corrected chi connectivity index (χ3v) is 7.75. The minimum Gasteiger partial charge on any atom is -0.395 e. The lowest BCUT2D eigenvalue weighted by atomic mass is 9.86. The molecule has 0 aliphatic carbocycles. The molecule has 39 heavy (non-hydrogen) atoms. The third-order valence-electron chi connectivity index (χ3n) is 7.32. The quantitative estimate of drug-likeness (QED) is 0.133. The van der Waals surface area contributed by atoms with Crippen molar-refractivity contribution >= 4 is 29.1 Å². The Morgan fingerprint density at radius 2 is 1.67 bits per heavy atom. The number of nitrogens with zero attached hydrogens (tertiary/aromatic N) is 2. The van der Waals surface area contributed by atoms with Crippen LogP contribution >= 0.6 is 23.2 Å². The summed E-state index contributed by atoms with van der Waals surface area (Å²) in [4.78, 5) is 16.7. The zero-order chi connectivity index (χ0) is 29.0. The van der Waals surface area contributed by atoms with Crippen LogP contribution in [0, 0.1) is 5.92 Å². The molecule has 4 nitrogen and oxygen atoms in total. The average molecular weight is 578 g/mol. The van der Waals surface area contributed by atoms with E-state index in [0.29, 0.717) is 17.7 Å². The summed E-state index contributed by atoms with van der Waals surface area (Å²) in [6, 6.07) is 8.45. The zero-order valence-electron chi connectivity index (χ0n) is 24.3. The molecular weight excluding hydrogens is 527 g/mol. The maximum atomic E-state index is 12.3. The van der Waals surface area contributed by atoms with Crippen LogP contribution in [0.2, 0.25) is 5.02 Å². The van der Waals surface area contributed by atoms with E-state index in [0.717, 1.165) is 75.3 Å². The number of allylic oxidation sites excluding steroid dienone is 5. The summed E-state index contributed by atoms with van der Waals surface area (Å²) in [6.07, 6.45) is 15.3. The highest BCUT2D eigenvalue weighted by atomic mass is 35.5. The van der Waals surface area contributed by atoms with Crippen molar-refractivity contribution in [2.45, 2.75) is 71.3 Å². The highest BCUT2D eigenvalue weighted by molar-refractivity contribution is 6.30. The Kier molecular flexibility index (Phi) is 18.9. The lowest BCUT2D eigenvalue weighted by Crippen LogP contribution is -2.45. The Hall–Kier alpha value is -1.85. The van der Waals surface area contributed by atoms with Gasteiger partial charge in [-0.25, -0.2) is 0 Å². The first-order valence-electron chi connectivity index (χ1n) is 14.5. The van der Waals surface area contributed by atoms with Gasteiger partial charge in [0.15, 0.2) is 0 Å². The Morgan fingerprint density at radius 3 is 2.15 bits per heavy atom. The summed E-state index contributed by atoms with van der Waals surface area (Å²) in [5.41, 5.74) is 2.11. The van der Waals surface area contributed by atoms with Crippen LogP contribution in [0.1, 0.15) is 70.8 Å². The molecule has 6 heteroatoms. The van der Waals surface area contributed by atoms with Gasteiger partial charge in [0.1, 0.15) is 0 Å². The van der Waals surface area contributed by atoms with Crippen molar-refractivity contribution in [2.24, 2.45) is 5.92 Å². The number of carbonyl (C=O) groups is 1. The molecule has 1 amide bonds. The molecule has 1 aromatic rings. The molecule has 2 aliphatic rings. The topological polar surface area (TPSA) is 43.8 Å². The molecule has 2 heterocycles. The van der Waals surface area contributed by atoms with Gasteiger partial charge in [0.2, 0.25) is 5.91 Å². The molecule has 1 atom stereocenters. The largest absolute Gasteiger partial charge is 0.395 e. The van der Waals surface area contributed by atoms with Gasteiger partial charge in [-0.2, -0.15) is 0 Å². The van der Waals surface area contributed by atoms with Crippen LogP contribution in [0.5, 0.6) is 0 Å². The molecule has 1 N–H and O–H groups in total. The van der Waals surface area contributed by atoms with Crippen molar-refractivity contribution in [3.63, 3.8) is 0 Å². The molecule has 0 spiro atoms. The molecule has 0 bridgehead atoms. The number of aliphatic hydroxyl groups excluding tert-OH is 1. The molecule has 0 aromatic heterocycles. The number of amides is 1. The molecule has 0 radical (unpaired) electrons. The number of benzene rings is 1. The van der Waals surface area contributed by atoms with Crippen molar-refractivity contribution in [1.29, 1.82) is 0 Å². The second-order valence-corrected chi connectivity index (χ2v) is 10.6. The van der Waals surface area contributed by atoms with Gasteiger partial charge in [0.05, 0.1) is 6.61 Å². The fourth-order valence-corrected chi connectivity index (χ4v) is 5.28. The Labute approximate surface area is 248 Å². The van der Waals surface area contributed by atoms with E-state index in [-0.39, 0.29) is 18.6 Å². The van der Waals surface area contributed by atoms with Crippen molar-refractivity contribution in [3.05, 3.63) is 84.0 Å². The Balaban J connectivity index is 0.000000839. The van der Waals surface area contributed by atoms with E-state index in [2.05, 4.69) is 37.1 Å². The van der Waals surface area contributed by atoms with Gasteiger partial charge in [-0.3, -0.25) is 9.69 Å². The van der Waals surface area contributed by atoms with Crippen LogP contribution in [-0.4, -0.2) is 65.5 Å². The second-order valence-electron chi connectivity index (χ2n) is 9.85. The van der Waals surface area contributed by atoms with E-state index in [1.165, 1.54) is 5.56 Å². The molecule has 3 rings (SSSR count). The van der Waals surface area contributed by atoms with E-state index in [9.17, 15) is 9.90 Å². The van der Waals surface area contributed by atoms with E-state index in [4.69, 9.17) is 23.2 Å². The van der Waals surface area contributed by atoms with Crippen LogP contribution in [0.4, 0.5) is 0 Å². The predicted molar refractivity (Wildman–Crippen MR) is 170 cm³/mol. The third kappa shape index (κ3) is 13.4. The molecule has 1 aromatic carbocycles. The van der Waals surface area contributed by atoms with Crippen molar-refractivity contribution in [2.75, 3.05) is 38.7 Å². The molecule has 2 saturated heterocycles. The molecular formula is C33H50Cl2N2O2. The SMILES string of the molecule is C=CC(=C)/C=C/C(=O)N1CCC(CC(CO)N2CCC(c3ccc(Cl)cc3)CC2)CC1.CC.CC/C=C/CCl. The van der Waals surface area contributed by atoms with Crippen molar-refractivity contribution < 1.29 is 9.90 Å². The average Bonchev–Trinajstić information content (AvgIpc) is 2.99. The predicted octanol–water partition coefficient (Wildman–Crippen LogP) is 8.03. The second kappa shape index (κ2) is 21.0. The van der Waals surface area contributed by atoms with E-state index in [1.54, 1.807) is 18.2 Å². The summed E-state index contributed by atoms with van der Waals surface area (Å²) < 4.78 is 0. The summed E-state index contributed by atoms with van der Waals surface area (Å²) >= 11 is 11.3. The first-order valence-corrected chi connectivity index (χ1v) is 15.4. The fraction of sp³-hybridized carbons (Fsp3) is 0.545. The number of hydrogen-bond acceptors (Lipinski definition) is 3. The van der Waals surface area contributed by atoms with Gasteiger partial charge in [-0.15, -0.1) is 11.6 Å². The van der Waals surface area contributed by atoms with Gasteiger partial charge in [-0.05, 0) is 86.7 Å². The normalized spacial score (nSPS) is 17.7. The number of rotatable bonds is 10. The van der Waals surface area contributed by atoms with Crippen LogP contribution in [-0.2, 0) is 4.79 Å². The van der Waals surface area contributed by atoms with Crippen molar-refractivity contribution in [1.82, 2.24) is 9.80 Å². The number of halogens is 2. The Bertz CT molecular complexity index is 875. The lowest BCUT2D eigenvalue weighted by molar-refractivity contribution is -0.127. The smallest absolute Gasteiger partial charge is 0.246 e. The van der Waals surface area contributed by atoms with Gasteiger partial charge in [0.25, 0.3) is 0 Å². The minimum absolute atomic E-state index is 0.0458. The lowest BCUT2D eigenvalue weighted by Gasteiger charge is -2.40. The highest BCUT2D eigenvalue weighted by Gasteiger charge is 2.29. The number of piperidine rings is 2. The standard InChI is InChI=1S/C26H35ClN2O2.C5H9Cl.C2H6/c1-3-20(2)4-9-26(31)29-14-10-21(11-15-29)18-25(19-30)28-16-12-23(13-17-28)22-5-7-24(27)8-6-22;1-2-3-4-5-6;1-2/h3-9,21,23,25,30H,1-2,10-19H2;3-4H,2,5H2,1H3;1-2H3/b9-4+;4-3+;. The number of hydrogen-bond donors (Lipinski definition) is 1. The number of carbonyl (C=O) groups excluding carboxylic acids is 1. The first kappa shape index (κ1) is 35.2. The van der Waals surface area contributed by atoms with Crippen LogP contribution < -0.4 is 0 Å². The monoisotopic (exact) mass is 576 g/mol. The fourth-order valence-electron chi connectivity index (χ4n) is 5.03. The molecule has 2 aliphatic heterocycles. The molecule has 218 valence electrons. The van der Waals surface area contributed by atoms with Gasteiger partial charge < -0.3 is 10.0 Å². The zero-order valence-corrected chi connectivity index (χ0v) is 25.8. The van der Waals surface area contributed by atoms with E-state index < -0.39 is 0 Å². The number of aliphatic hydroxyl groups is 1. The summed E-state index contributed by atoms with van der Waals surface area (Å²) in [5, 5.41) is 10.8. The first-order chi connectivity index (χ1) is 18.9. The summed E-state index contributed by atoms with van der Waals surface area (Å²) in [6.45, 7) is 17.4. The molecule has 0 saturated carbocycles. The van der Waals surface area contributed by atoms with Crippen molar-refractivity contribution in [3.8, 4) is 0 Å². The summed E-state index contributed by atoms with van der Waals surface area (Å²) in [5.74, 6) is 1.83. The van der Waals surface area contributed by atoms with Gasteiger partial charge in [0, 0.05) is 36.1 Å². The molecule has 2 fully saturated rings. The van der Waals surface area contributed by atoms with Gasteiger partial charge >= 0.3 is 0 Å². The van der Waals surface area contributed by atoms with Gasteiger partial charge in [-0.1, -0.05) is 82.0 Å². The highest BCUT2D eigenvalue weighted by Crippen LogP contribution is 2.31. The van der Waals surface area contributed by atoms with Crippen LogP contribution in [0.25, 0.3) is 0 Å². The summed E-state index contributed by atoms with van der Waals surface area (Å²) in [7, 11) is 0. The Morgan fingerprint density at radius 1 is 1.05 bits per heavy atom. The number of likely N-dealkylation sites (tertiary alicyclic amines) is 2. The minimum atomic E-state index is 0.0458. The van der Waals surface area contributed by atoms with Crippen LogP contribution in [0.15, 0.2) is 73.4 Å². The van der Waals surface area contributed by atoms with Crippen LogP contribution in [0.3, 0.4) is 0 Å².